The van der Waals surface area contributed by atoms with Gasteiger partial charge in [0.1, 0.15) is 10.8 Å². The fourth-order valence-corrected chi connectivity index (χ4v) is 3.27. The smallest absolute Gasteiger partial charge is 0.258 e. The molecule has 0 unspecified atom stereocenters. The second-order valence-electron chi connectivity index (χ2n) is 5.78. The van der Waals surface area contributed by atoms with E-state index in [1.54, 1.807) is 0 Å². The fraction of sp³-hybridized carbons (Fsp3) is 0.200. The first-order chi connectivity index (χ1) is 12.1. The Morgan fingerprint density at radius 1 is 1.08 bits per heavy atom. The van der Waals surface area contributed by atoms with E-state index >= 15 is 0 Å². The second kappa shape index (κ2) is 7.94. The molecule has 0 saturated carbocycles. The lowest BCUT2D eigenvalue weighted by molar-refractivity contribution is -0.123. The molecule has 0 radical (unpaired) electrons. The zero-order valence-corrected chi connectivity index (χ0v) is 15.1. The summed E-state index contributed by atoms with van der Waals surface area (Å²) in [6.45, 7) is 4.36. The Bertz CT molecular complexity index is 839. The van der Waals surface area contributed by atoms with Crippen LogP contribution in [0, 0.1) is 13.8 Å². The average molecular weight is 352 g/mol. The van der Waals surface area contributed by atoms with Crippen molar-refractivity contribution in [3.63, 3.8) is 0 Å². The lowest BCUT2D eigenvalue weighted by Crippen LogP contribution is -2.28. The van der Waals surface area contributed by atoms with E-state index in [9.17, 15) is 4.79 Å². The molecule has 3 rings (SSSR count). The molecule has 0 atom stereocenters. The molecular formula is C20H20N2O2S. The van der Waals surface area contributed by atoms with Gasteiger partial charge in [0.05, 0.1) is 12.2 Å². The van der Waals surface area contributed by atoms with Crippen molar-refractivity contribution in [3.8, 4) is 17.0 Å². The van der Waals surface area contributed by atoms with Crippen LogP contribution >= 0.6 is 11.3 Å². The largest absolute Gasteiger partial charge is 0.483 e. The van der Waals surface area contributed by atoms with E-state index in [-0.39, 0.29) is 12.5 Å². The molecule has 0 spiro atoms. The minimum Gasteiger partial charge on any atom is -0.483 e. The minimum absolute atomic E-state index is 0.00259. The SMILES string of the molecule is Cc1cccc(C)c1OCC(=O)NCc1nc(-c2ccccc2)cs1. The molecule has 0 aliphatic rings. The summed E-state index contributed by atoms with van der Waals surface area (Å²) in [5.41, 5.74) is 4.07. The number of nitrogens with one attached hydrogen (secondary N) is 1. The van der Waals surface area contributed by atoms with Gasteiger partial charge in [0, 0.05) is 10.9 Å². The summed E-state index contributed by atoms with van der Waals surface area (Å²) in [5.74, 6) is 0.623. The number of carbonyl (C=O) groups is 1. The van der Waals surface area contributed by atoms with Crippen LogP contribution in [0.25, 0.3) is 11.3 Å². The van der Waals surface area contributed by atoms with Crippen molar-refractivity contribution in [1.82, 2.24) is 10.3 Å². The molecule has 1 N–H and O–H groups in total. The fourth-order valence-electron chi connectivity index (χ4n) is 2.52. The van der Waals surface area contributed by atoms with Crippen molar-refractivity contribution >= 4 is 17.2 Å². The molecule has 0 aliphatic heterocycles. The first kappa shape index (κ1) is 17.2. The van der Waals surface area contributed by atoms with E-state index in [2.05, 4.69) is 10.3 Å². The van der Waals surface area contributed by atoms with Crippen molar-refractivity contribution in [2.75, 3.05) is 6.61 Å². The van der Waals surface area contributed by atoms with Crippen molar-refractivity contribution in [2.45, 2.75) is 20.4 Å². The van der Waals surface area contributed by atoms with E-state index in [0.717, 1.165) is 33.1 Å². The van der Waals surface area contributed by atoms with Gasteiger partial charge < -0.3 is 10.1 Å². The molecule has 5 heteroatoms. The number of hydrogen-bond acceptors (Lipinski definition) is 4. The monoisotopic (exact) mass is 352 g/mol. The number of nitrogens with zero attached hydrogens (tertiary/aromatic N) is 1. The highest BCUT2D eigenvalue weighted by molar-refractivity contribution is 7.09. The maximum atomic E-state index is 12.0. The summed E-state index contributed by atoms with van der Waals surface area (Å²) < 4.78 is 5.66. The Balaban J connectivity index is 1.52. The summed E-state index contributed by atoms with van der Waals surface area (Å²) in [6.07, 6.45) is 0. The van der Waals surface area contributed by atoms with Gasteiger partial charge in [-0.1, -0.05) is 48.5 Å². The summed E-state index contributed by atoms with van der Waals surface area (Å²) in [5, 5.41) is 5.74. The normalized spacial score (nSPS) is 10.5. The molecule has 0 saturated heterocycles. The molecule has 1 aromatic heterocycles. The van der Waals surface area contributed by atoms with Crippen molar-refractivity contribution in [1.29, 1.82) is 0 Å². The van der Waals surface area contributed by atoms with Gasteiger partial charge >= 0.3 is 0 Å². The predicted molar refractivity (Wildman–Crippen MR) is 101 cm³/mol. The average Bonchev–Trinajstić information content (AvgIpc) is 3.09. The van der Waals surface area contributed by atoms with Crippen molar-refractivity contribution in [2.24, 2.45) is 0 Å². The zero-order chi connectivity index (χ0) is 17.6. The Morgan fingerprint density at radius 2 is 1.80 bits per heavy atom. The highest BCUT2D eigenvalue weighted by Crippen LogP contribution is 2.22. The highest BCUT2D eigenvalue weighted by atomic mass is 32.1. The van der Waals surface area contributed by atoms with Crippen LogP contribution in [0.4, 0.5) is 0 Å². The lowest BCUT2D eigenvalue weighted by atomic mass is 10.1. The third-order valence-corrected chi connectivity index (χ3v) is 4.66. The van der Waals surface area contributed by atoms with Crippen molar-refractivity contribution < 1.29 is 9.53 Å². The van der Waals surface area contributed by atoms with Gasteiger partial charge in [-0.15, -0.1) is 11.3 Å². The predicted octanol–water partition coefficient (Wildman–Crippen LogP) is 4.12. The van der Waals surface area contributed by atoms with E-state index < -0.39 is 0 Å². The maximum absolute atomic E-state index is 12.0. The Labute approximate surface area is 151 Å². The van der Waals surface area contributed by atoms with E-state index in [1.165, 1.54) is 11.3 Å². The van der Waals surface area contributed by atoms with Crippen LogP contribution in [0.1, 0.15) is 16.1 Å². The maximum Gasteiger partial charge on any atom is 0.258 e. The van der Waals surface area contributed by atoms with E-state index in [0.29, 0.717) is 6.54 Å². The summed E-state index contributed by atoms with van der Waals surface area (Å²) in [7, 11) is 0. The molecule has 1 heterocycles. The van der Waals surface area contributed by atoms with Crippen LogP contribution in [0.2, 0.25) is 0 Å². The number of amides is 1. The van der Waals surface area contributed by atoms with Gasteiger partial charge in [0.25, 0.3) is 5.91 Å². The van der Waals surface area contributed by atoms with E-state index in [4.69, 9.17) is 4.74 Å². The molecule has 2 aromatic carbocycles. The van der Waals surface area contributed by atoms with E-state index in [1.807, 2.05) is 67.8 Å². The second-order valence-corrected chi connectivity index (χ2v) is 6.72. The van der Waals surface area contributed by atoms with Crippen LogP contribution in [0.3, 0.4) is 0 Å². The van der Waals surface area contributed by atoms with Gasteiger partial charge in [0.2, 0.25) is 0 Å². The van der Waals surface area contributed by atoms with Gasteiger partial charge in [-0.3, -0.25) is 4.79 Å². The summed E-state index contributed by atoms with van der Waals surface area (Å²) in [6, 6.07) is 15.9. The van der Waals surface area contributed by atoms with Gasteiger partial charge in [-0.2, -0.15) is 0 Å². The Hall–Kier alpha value is -2.66. The summed E-state index contributed by atoms with van der Waals surface area (Å²) >= 11 is 1.54. The quantitative estimate of drug-likeness (QED) is 0.726. The van der Waals surface area contributed by atoms with Crippen molar-refractivity contribution in [3.05, 3.63) is 70.0 Å². The third-order valence-electron chi connectivity index (χ3n) is 3.81. The number of rotatable bonds is 6. The number of para-hydroxylation sites is 1. The Kier molecular flexibility index (Phi) is 5.46. The number of hydrogen-bond donors (Lipinski definition) is 1. The molecule has 25 heavy (non-hydrogen) atoms. The molecule has 3 aromatic rings. The molecule has 0 bridgehead atoms. The standard InChI is InChI=1S/C20H20N2O2S/c1-14-7-6-8-15(2)20(14)24-12-18(23)21-11-19-22-17(13-25-19)16-9-4-3-5-10-16/h3-10,13H,11-12H2,1-2H3,(H,21,23). The third kappa shape index (κ3) is 4.45. The van der Waals surface area contributed by atoms with Crippen LogP contribution in [0.15, 0.2) is 53.9 Å². The summed E-state index contributed by atoms with van der Waals surface area (Å²) in [4.78, 5) is 16.6. The van der Waals surface area contributed by atoms with Gasteiger partial charge in [0.15, 0.2) is 6.61 Å². The highest BCUT2D eigenvalue weighted by Gasteiger charge is 2.09. The molecule has 1 amide bonds. The molecule has 128 valence electrons. The van der Waals surface area contributed by atoms with Gasteiger partial charge in [-0.05, 0) is 25.0 Å². The number of carbonyl (C=O) groups excluding carboxylic acids is 1. The number of thiazole rings is 1. The van der Waals surface area contributed by atoms with Crippen LogP contribution in [-0.2, 0) is 11.3 Å². The minimum atomic E-state index is -0.154. The van der Waals surface area contributed by atoms with Crippen LogP contribution < -0.4 is 10.1 Å². The molecular weight excluding hydrogens is 332 g/mol. The van der Waals surface area contributed by atoms with Crippen LogP contribution in [-0.4, -0.2) is 17.5 Å². The molecule has 4 nitrogen and oxygen atoms in total. The molecule has 0 aliphatic carbocycles. The van der Waals surface area contributed by atoms with Crippen LogP contribution in [0.5, 0.6) is 5.75 Å². The number of aryl methyl sites for hydroxylation is 2. The first-order valence-electron chi connectivity index (χ1n) is 8.09. The number of benzene rings is 2. The number of ether oxygens (including phenoxy) is 1. The topological polar surface area (TPSA) is 51.2 Å². The Morgan fingerprint density at radius 3 is 2.52 bits per heavy atom. The zero-order valence-electron chi connectivity index (χ0n) is 14.3. The molecule has 0 fully saturated rings. The van der Waals surface area contributed by atoms with Gasteiger partial charge in [-0.25, -0.2) is 4.98 Å². The first-order valence-corrected chi connectivity index (χ1v) is 8.97. The lowest BCUT2D eigenvalue weighted by Gasteiger charge is -2.11. The number of aromatic nitrogens is 1.